The van der Waals surface area contributed by atoms with Crippen molar-refractivity contribution in [3.63, 3.8) is 0 Å². The van der Waals surface area contributed by atoms with Crippen molar-refractivity contribution >= 4 is 47.2 Å². The number of hydrogen-bond donors (Lipinski definition) is 2. The van der Waals surface area contributed by atoms with E-state index in [2.05, 4.69) is 42.9 Å². The van der Waals surface area contributed by atoms with Gasteiger partial charge in [-0.25, -0.2) is 0 Å². The van der Waals surface area contributed by atoms with Crippen molar-refractivity contribution in [2.45, 2.75) is 46.2 Å². The molecule has 0 fully saturated rings. The first-order valence-electron chi connectivity index (χ1n) is 8.01. The van der Waals surface area contributed by atoms with Crippen molar-refractivity contribution in [1.82, 2.24) is 4.90 Å². The molecule has 0 bridgehead atoms. The van der Waals surface area contributed by atoms with Crippen LogP contribution in [0.5, 0.6) is 5.75 Å². The highest BCUT2D eigenvalue weighted by Crippen LogP contribution is 2.26. The number of halogens is 2. The highest BCUT2D eigenvalue weighted by molar-refractivity contribution is 14.0. The van der Waals surface area contributed by atoms with Gasteiger partial charge in [0.15, 0.2) is 5.96 Å². The van der Waals surface area contributed by atoms with Crippen molar-refractivity contribution in [2.75, 3.05) is 25.5 Å². The predicted molar refractivity (Wildman–Crippen MR) is 115 cm³/mol. The second-order valence-corrected chi connectivity index (χ2v) is 6.43. The summed E-state index contributed by atoms with van der Waals surface area (Å²) in [5.41, 5.74) is 6.71. The van der Waals surface area contributed by atoms with Crippen LogP contribution in [-0.2, 0) is 0 Å². The Morgan fingerprint density at radius 3 is 2.42 bits per heavy atom. The van der Waals surface area contributed by atoms with Gasteiger partial charge in [-0.05, 0) is 52.3 Å². The summed E-state index contributed by atoms with van der Waals surface area (Å²) in [4.78, 5) is 6.81. The SMILES string of the molecule is COc1ccc(NC(N)=NCCCN(C(C)C)C(C)C)cc1Cl.I. The average Bonchev–Trinajstić information content (AvgIpc) is 2.46. The van der Waals surface area contributed by atoms with Crippen LogP contribution < -0.4 is 15.8 Å². The van der Waals surface area contributed by atoms with Gasteiger partial charge in [0, 0.05) is 30.9 Å². The molecule has 0 amide bonds. The molecule has 3 N–H and O–H groups in total. The Hall–Kier alpha value is -0.730. The minimum atomic E-state index is 0. The summed E-state index contributed by atoms with van der Waals surface area (Å²) in [5.74, 6) is 1.03. The number of hydrogen-bond acceptors (Lipinski definition) is 3. The molecule has 24 heavy (non-hydrogen) atoms. The lowest BCUT2D eigenvalue weighted by molar-refractivity contribution is 0.174. The summed E-state index contributed by atoms with van der Waals surface area (Å²) in [6.45, 7) is 10.6. The fourth-order valence-electron chi connectivity index (χ4n) is 2.50. The van der Waals surface area contributed by atoms with E-state index in [0.717, 1.165) is 18.7 Å². The Labute approximate surface area is 168 Å². The molecule has 1 aromatic rings. The Balaban J connectivity index is 0.00000529. The van der Waals surface area contributed by atoms with E-state index in [9.17, 15) is 0 Å². The first-order chi connectivity index (χ1) is 10.8. The van der Waals surface area contributed by atoms with Gasteiger partial charge in [0.05, 0.1) is 12.1 Å². The van der Waals surface area contributed by atoms with Crippen LogP contribution in [0.2, 0.25) is 5.02 Å². The molecular formula is C17H30ClIN4O. The Bertz CT molecular complexity index is 515. The lowest BCUT2D eigenvalue weighted by Gasteiger charge is -2.30. The Kier molecular flexibility index (Phi) is 11.4. The second kappa shape index (κ2) is 11.8. The maximum atomic E-state index is 6.08. The highest BCUT2D eigenvalue weighted by Gasteiger charge is 2.12. The molecule has 0 spiro atoms. The normalized spacial score (nSPS) is 11.8. The molecular weight excluding hydrogens is 439 g/mol. The topological polar surface area (TPSA) is 62.9 Å². The number of guanidine groups is 1. The summed E-state index contributed by atoms with van der Waals surface area (Å²) in [5, 5.41) is 3.58. The van der Waals surface area contributed by atoms with Gasteiger partial charge in [-0.3, -0.25) is 9.89 Å². The van der Waals surface area contributed by atoms with Gasteiger partial charge in [-0.1, -0.05) is 11.6 Å². The van der Waals surface area contributed by atoms with Crippen LogP contribution in [0.4, 0.5) is 5.69 Å². The van der Waals surface area contributed by atoms with Crippen molar-refractivity contribution in [1.29, 1.82) is 0 Å². The van der Waals surface area contributed by atoms with Crippen LogP contribution >= 0.6 is 35.6 Å². The first-order valence-corrected chi connectivity index (χ1v) is 8.39. The predicted octanol–water partition coefficient (Wildman–Crippen LogP) is 4.20. The Morgan fingerprint density at radius 1 is 1.29 bits per heavy atom. The molecule has 138 valence electrons. The molecule has 0 saturated carbocycles. The van der Waals surface area contributed by atoms with Crippen LogP contribution in [0.1, 0.15) is 34.1 Å². The number of ether oxygens (including phenoxy) is 1. The molecule has 5 nitrogen and oxygen atoms in total. The number of nitrogens with one attached hydrogen (secondary N) is 1. The van der Waals surface area contributed by atoms with Gasteiger partial charge in [0.1, 0.15) is 5.75 Å². The molecule has 0 aromatic heterocycles. The molecule has 0 heterocycles. The number of anilines is 1. The average molecular weight is 469 g/mol. The third-order valence-corrected chi connectivity index (χ3v) is 3.90. The summed E-state index contributed by atoms with van der Waals surface area (Å²) >= 11 is 6.08. The number of benzene rings is 1. The quantitative estimate of drug-likeness (QED) is 0.260. The van der Waals surface area contributed by atoms with E-state index in [0.29, 0.717) is 35.4 Å². The van der Waals surface area contributed by atoms with E-state index < -0.39 is 0 Å². The van der Waals surface area contributed by atoms with Gasteiger partial charge in [-0.2, -0.15) is 0 Å². The molecule has 1 aromatic carbocycles. The highest BCUT2D eigenvalue weighted by atomic mass is 127. The van der Waals surface area contributed by atoms with E-state index in [-0.39, 0.29) is 24.0 Å². The lowest BCUT2D eigenvalue weighted by Crippen LogP contribution is -2.38. The molecule has 0 aliphatic carbocycles. The lowest BCUT2D eigenvalue weighted by atomic mass is 10.2. The standard InChI is InChI=1S/C17H29ClN4O.HI/c1-12(2)22(13(3)4)10-6-9-20-17(19)21-14-7-8-16(23-5)15(18)11-14;/h7-8,11-13H,6,9-10H2,1-5H3,(H3,19,20,21);1H. The van der Waals surface area contributed by atoms with Crippen LogP contribution in [0, 0.1) is 0 Å². The third kappa shape index (κ3) is 7.90. The molecule has 0 radical (unpaired) electrons. The van der Waals surface area contributed by atoms with Crippen molar-refractivity contribution in [2.24, 2.45) is 10.7 Å². The van der Waals surface area contributed by atoms with Crippen molar-refractivity contribution < 1.29 is 4.74 Å². The number of methoxy groups -OCH3 is 1. The number of aliphatic imine (C=N–C) groups is 1. The smallest absolute Gasteiger partial charge is 0.193 e. The summed E-state index contributed by atoms with van der Waals surface area (Å²) < 4.78 is 5.12. The third-order valence-electron chi connectivity index (χ3n) is 3.61. The molecule has 0 saturated heterocycles. The maximum absolute atomic E-state index is 6.08. The minimum absolute atomic E-state index is 0. The Morgan fingerprint density at radius 2 is 1.92 bits per heavy atom. The van der Waals surface area contributed by atoms with Crippen LogP contribution in [-0.4, -0.2) is 43.1 Å². The van der Waals surface area contributed by atoms with E-state index in [1.54, 1.807) is 19.2 Å². The molecule has 0 atom stereocenters. The number of nitrogens with two attached hydrogens (primary N) is 1. The van der Waals surface area contributed by atoms with Crippen molar-refractivity contribution in [3.05, 3.63) is 23.2 Å². The maximum Gasteiger partial charge on any atom is 0.193 e. The summed E-state index contributed by atoms with van der Waals surface area (Å²) in [6.07, 6.45) is 0.974. The van der Waals surface area contributed by atoms with Gasteiger partial charge >= 0.3 is 0 Å². The van der Waals surface area contributed by atoms with Gasteiger partial charge < -0.3 is 15.8 Å². The largest absolute Gasteiger partial charge is 0.495 e. The molecule has 0 aliphatic rings. The molecule has 7 heteroatoms. The van der Waals surface area contributed by atoms with E-state index in [1.165, 1.54) is 0 Å². The zero-order valence-electron chi connectivity index (χ0n) is 15.2. The second-order valence-electron chi connectivity index (χ2n) is 6.02. The fourth-order valence-corrected chi connectivity index (χ4v) is 2.75. The number of nitrogens with zero attached hydrogens (tertiary/aromatic N) is 2. The van der Waals surface area contributed by atoms with E-state index >= 15 is 0 Å². The van der Waals surface area contributed by atoms with Crippen LogP contribution in [0.15, 0.2) is 23.2 Å². The molecule has 0 aliphatic heterocycles. The van der Waals surface area contributed by atoms with Crippen LogP contribution in [0.3, 0.4) is 0 Å². The fraction of sp³-hybridized carbons (Fsp3) is 0.588. The number of rotatable bonds is 8. The molecule has 0 unspecified atom stereocenters. The van der Waals surface area contributed by atoms with E-state index in [1.807, 2.05) is 6.07 Å². The zero-order chi connectivity index (χ0) is 17.4. The van der Waals surface area contributed by atoms with Gasteiger partial charge in [-0.15, -0.1) is 24.0 Å². The van der Waals surface area contributed by atoms with Gasteiger partial charge in [0.2, 0.25) is 0 Å². The summed E-state index contributed by atoms with van der Waals surface area (Å²) in [6, 6.07) is 6.49. The van der Waals surface area contributed by atoms with E-state index in [4.69, 9.17) is 22.1 Å². The molecule has 1 rings (SSSR count). The van der Waals surface area contributed by atoms with Gasteiger partial charge in [0.25, 0.3) is 0 Å². The van der Waals surface area contributed by atoms with Crippen molar-refractivity contribution in [3.8, 4) is 5.75 Å². The zero-order valence-corrected chi connectivity index (χ0v) is 18.3. The summed E-state index contributed by atoms with van der Waals surface area (Å²) in [7, 11) is 1.59. The minimum Gasteiger partial charge on any atom is -0.495 e. The monoisotopic (exact) mass is 468 g/mol. The van der Waals surface area contributed by atoms with Crippen LogP contribution in [0.25, 0.3) is 0 Å². The first kappa shape index (κ1) is 23.3.